The molecule has 1 unspecified atom stereocenters. The van der Waals surface area contributed by atoms with Crippen LogP contribution >= 0.6 is 0 Å². The molecule has 0 aromatic heterocycles. The van der Waals surface area contributed by atoms with Gasteiger partial charge in [-0.2, -0.15) is 5.26 Å². The van der Waals surface area contributed by atoms with Gasteiger partial charge in [-0.3, -0.25) is 4.79 Å². The molecule has 0 fully saturated rings. The Balaban J connectivity index is 3.15. The molecule has 102 valence electrons. The topological polar surface area (TPSA) is 59.3 Å². The number of ether oxygens (including phenoxy) is 2. The zero-order valence-corrected chi connectivity index (χ0v) is 11.8. The van der Waals surface area contributed by atoms with Crippen molar-refractivity contribution in [2.24, 2.45) is 11.8 Å². The van der Waals surface area contributed by atoms with Crippen LogP contribution in [-0.4, -0.2) is 20.0 Å². The number of benzene rings is 1. The third-order valence-corrected chi connectivity index (χ3v) is 2.85. The molecule has 0 saturated heterocycles. The number of hydrogen-bond donors (Lipinski definition) is 0. The monoisotopic (exact) mass is 261 g/mol. The molecule has 0 bridgehead atoms. The van der Waals surface area contributed by atoms with Crippen LogP contribution in [0, 0.1) is 23.2 Å². The summed E-state index contributed by atoms with van der Waals surface area (Å²) in [6, 6.07) is 7.18. The number of para-hydroxylation sites is 1. The van der Waals surface area contributed by atoms with Gasteiger partial charge in [0.2, 0.25) is 0 Å². The van der Waals surface area contributed by atoms with Crippen molar-refractivity contribution < 1.29 is 14.3 Å². The molecular formula is C15H19NO3. The van der Waals surface area contributed by atoms with Crippen LogP contribution in [0.4, 0.5) is 0 Å². The predicted octanol–water partition coefficient (Wildman–Crippen LogP) is 3.07. The van der Waals surface area contributed by atoms with Gasteiger partial charge in [0.1, 0.15) is 5.92 Å². The number of nitrogens with zero attached hydrogens (tertiary/aromatic N) is 1. The molecule has 1 aromatic rings. The number of carbonyl (C=O) groups excluding carboxylic acids is 1. The maximum atomic E-state index is 12.4. The van der Waals surface area contributed by atoms with E-state index >= 15 is 0 Å². The highest BCUT2D eigenvalue weighted by Crippen LogP contribution is 2.33. The van der Waals surface area contributed by atoms with Crippen LogP contribution in [0.25, 0.3) is 0 Å². The van der Waals surface area contributed by atoms with Crippen molar-refractivity contribution in [3.05, 3.63) is 23.8 Å². The highest BCUT2D eigenvalue weighted by atomic mass is 16.5. The van der Waals surface area contributed by atoms with Crippen molar-refractivity contribution in [1.82, 2.24) is 0 Å². The fourth-order valence-electron chi connectivity index (χ4n) is 1.96. The van der Waals surface area contributed by atoms with Crippen LogP contribution in [0.15, 0.2) is 18.2 Å². The lowest BCUT2D eigenvalue weighted by atomic mass is 9.90. The number of ketones is 1. The molecule has 0 spiro atoms. The molecule has 0 N–H and O–H groups in total. The highest BCUT2D eigenvalue weighted by molar-refractivity contribution is 6.02. The minimum absolute atomic E-state index is 0.216. The van der Waals surface area contributed by atoms with Crippen LogP contribution in [0.5, 0.6) is 11.5 Å². The van der Waals surface area contributed by atoms with Crippen molar-refractivity contribution in [3.8, 4) is 17.6 Å². The van der Waals surface area contributed by atoms with Gasteiger partial charge in [0.05, 0.1) is 25.9 Å². The fourth-order valence-corrected chi connectivity index (χ4v) is 1.96. The fraction of sp³-hybridized carbons (Fsp3) is 0.467. The third-order valence-electron chi connectivity index (χ3n) is 2.85. The summed E-state index contributed by atoms with van der Waals surface area (Å²) in [7, 11) is 3.00. The van der Waals surface area contributed by atoms with Crippen molar-refractivity contribution in [2.45, 2.75) is 20.3 Å². The van der Waals surface area contributed by atoms with Crippen molar-refractivity contribution >= 4 is 5.78 Å². The molecule has 19 heavy (non-hydrogen) atoms. The van der Waals surface area contributed by atoms with Crippen molar-refractivity contribution in [2.75, 3.05) is 14.2 Å². The van der Waals surface area contributed by atoms with Crippen LogP contribution in [0.1, 0.15) is 30.6 Å². The van der Waals surface area contributed by atoms with E-state index in [1.54, 1.807) is 18.2 Å². The Morgan fingerprint density at radius 1 is 1.32 bits per heavy atom. The molecule has 0 amide bonds. The second kappa shape index (κ2) is 6.79. The number of carbonyl (C=O) groups is 1. The Labute approximate surface area is 113 Å². The summed E-state index contributed by atoms with van der Waals surface area (Å²) >= 11 is 0. The van der Waals surface area contributed by atoms with E-state index in [1.165, 1.54) is 14.2 Å². The SMILES string of the molecule is COc1cccc(C(=O)C(C#N)CC(C)C)c1OC. The van der Waals surface area contributed by atoms with Crippen LogP contribution in [-0.2, 0) is 0 Å². The predicted molar refractivity (Wildman–Crippen MR) is 72.4 cm³/mol. The molecule has 0 radical (unpaired) electrons. The van der Waals surface area contributed by atoms with E-state index in [2.05, 4.69) is 6.07 Å². The summed E-state index contributed by atoms with van der Waals surface area (Å²) < 4.78 is 10.4. The van der Waals surface area contributed by atoms with Gasteiger partial charge >= 0.3 is 0 Å². The molecule has 0 aliphatic rings. The quantitative estimate of drug-likeness (QED) is 0.738. The molecule has 1 rings (SSSR count). The third kappa shape index (κ3) is 3.47. The maximum Gasteiger partial charge on any atom is 0.183 e. The summed E-state index contributed by atoms with van der Waals surface area (Å²) in [6.45, 7) is 3.97. The van der Waals surface area contributed by atoms with E-state index in [4.69, 9.17) is 14.7 Å². The Hall–Kier alpha value is -2.02. The van der Waals surface area contributed by atoms with Gasteiger partial charge in [0.15, 0.2) is 17.3 Å². The number of methoxy groups -OCH3 is 2. The summed E-state index contributed by atoms with van der Waals surface area (Å²) in [5.41, 5.74) is 0.397. The minimum atomic E-state index is -0.652. The number of nitriles is 1. The zero-order chi connectivity index (χ0) is 14.4. The molecular weight excluding hydrogens is 242 g/mol. The van der Waals surface area contributed by atoms with Crippen molar-refractivity contribution in [3.63, 3.8) is 0 Å². The van der Waals surface area contributed by atoms with E-state index in [9.17, 15) is 4.79 Å². The smallest absolute Gasteiger partial charge is 0.183 e. The lowest BCUT2D eigenvalue weighted by Crippen LogP contribution is -2.16. The van der Waals surface area contributed by atoms with E-state index in [0.29, 0.717) is 23.5 Å². The molecule has 1 atom stereocenters. The maximum absolute atomic E-state index is 12.4. The van der Waals surface area contributed by atoms with Crippen LogP contribution in [0.2, 0.25) is 0 Å². The lowest BCUT2D eigenvalue weighted by molar-refractivity contribution is 0.0933. The summed E-state index contributed by atoms with van der Waals surface area (Å²) in [4.78, 5) is 12.4. The standard InChI is InChI=1S/C15H19NO3/c1-10(2)8-11(9-16)14(17)12-6-5-7-13(18-3)15(12)19-4/h5-7,10-11H,8H2,1-4H3. The largest absolute Gasteiger partial charge is 0.493 e. The average molecular weight is 261 g/mol. The Morgan fingerprint density at radius 3 is 2.47 bits per heavy atom. The van der Waals surface area contributed by atoms with Crippen LogP contribution < -0.4 is 9.47 Å². The van der Waals surface area contributed by atoms with Gasteiger partial charge in [-0.05, 0) is 24.5 Å². The van der Waals surface area contributed by atoms with E-state index < -0.39 is 5.92 Å². The molecule has 0 saturated carbocycles. The molecule has 1 aromatic carbocycles. The summed E-state index contributed by atoms with van der Waals surface area (Å²) in [5.74, 6) is 0.298. The number of Topliss-reactive ketones (excluding diaryl/α,β-unsaturated/α-hetero) is 1. The lowest BCUT2D eigenvalue weighted by Gasteiger charge is -2.15. The summed E-state index contributed by atoms with van der Waals surface area (Å²) in [5, 5.41) is 9.15. The number of hydrogen-bond acceptors (Lipinski definition) is 4. The zero-order valence-electron chi connectivity index (χ0n) is 11.8. The first-order chi connectivity index (χ1) is 9.04. The van der Waals surface area contributed by atoms with E-state index in [0.717, 1.165) is 0 Å². The molecule has 0 aliphatic carbocycles. The van der Waals surface area contributed by atoms with Crippen LogP contribution in [0.3, 0.4) is 0 Å². The summed E-state index contributed by atoms with van der Waals surface area (Å²) in [6.07, 6.45) is 0.537. The van der Waals surface area contributed by atoms with Gasteiger partial charge in [-0.15, -0.1) is 0 Å². The van der Waals surface area contributed by atoms with Gasteiger partial charge in [-0.1, -0.05) is 19.9 Å². The van der Waals surface area contributed by atoms with E-state index in [1.807, 2.05) is 13.8 Å². The van der Waals surface area contributed by atoms with Gasteiger partial charge in [0, 0.05) is 0 Å². The molecule has 0 aliphatic heterocycles. The van der Waals surface area contributed by atoms with E-state index in [-0.39, 0.29) is 11.7 Å². The highest BCUT2D eigenvalue weighted by Gasteiger charge is 2.25. The average Bonchev–Trinajstić information content (AvgIpc) is 2.42. The number of rotatable bonds is 6. The minimum Gasteiger partial charge on any atom is -0.493 e. The molecule has 4 heteroatoms. The first-order valence-corrected chi connectivity index (χ1v) is 6.20. The Morgan fingerprint density at radius 2 is 2.00 bits per heavy atom. The first kappa shape index (κ1) is 15.0. The van der Waals surface area contributed by atoms with Gasteiger partial charge in [0.25, 0.3) is 0 Å². The van der Waals surface area contributed by atoms with Gasteiger partial charge in [-0.25, -0.2) is 0 Å². The molecule has 0 heterocycles. The van der Waals surface area contributed by atoms with Gasteiger partial charge < -0.3 is 9.47 Å². The second-order valence-corrected chi connectivity index (χ2v) is 4.72. The Kier molecular flexibility index (Phi) is 5.37. The second-order valence-electron chi connectivity index (χ2n) is 4.72. The van der Waals surface area contributed by atoms with Crippen molar-refractivity contribution in [1.29, 1.82) is 5.26 Å². The Bertz CT molecular complexity index is 489. The molecule has 4 nitrogen and oxygen atoms in total. The first-order valence-electron chi connectivity index (χ1n) is 6.20. The normalized spacial score (nSPS) is 11.8.